The molecule has 158 valence electrons. The molecule has 17 heteroatoms. The average Bonchev–Trinajstić information content (AvgIpc) is 2.86. The van der Waals surface area contributed by atoms with Crippen molar-refractivity contribution < 1.29 is 45.9 Å². The minimum absolute atomic E-state index is 0.0701. The van der Waals surface area contributed by atoms with Crippen LogP contribution in [0.2, 0.25) is 0 Å². The Morgan fingerprint density at radius 2 is 1.96 bits per heavy atom. The Balaban J connectivity index is 1.71. The number of nitrogens with one attached hydrogen (secondary N) is 1. The van der Waals surface area contributed by atoms with Crippen LogP contribution < -0.4 is 11.2 Å². The summed E-state index contributed by atoms with van der Waals surface area (Å²) in [6, 6.07) is 0. The first-order valence-electron chi connectivity index (χ1n) is 7.74. The van der Waals surface area contributed by atoms with Gasteiger partial charge in [0.15, 0.2) is 0 Å². The van der Waals surface area contributed by atoms with Crippen molar-refractivity contribution >= 4 is 23.2 Å². The fraction of sp³-hybridized carbons (Fsp3) is 0.636. The van der Waals surface area contributed by atoms with Crippen molar-refractivity contribution in [2.75, 3.05) is 13.3 Å². The zero-order chi connectivity index (χ0) is 20.9. The van der Waals surface area contributed by atoms with Crippen LogP contribution in [0.4, 0.5) is 0 Å². The first-order chi connectivity index (χ1) is 12.8. The highest BCUT2D eigenvalue weighted by molar-refractivity contribution is 7.76. The van der Waals surface area contributed by atoms with Gasteiger partial charge in [0.1, 0.15) is 12.3 Å². The third-order valence-corrected chi connectivity index (χ3v) is 9.85. The summed E-state index contributed by atoms with van der Waals surface area (Å²) >= 11 is 0. The zero-order valence-corrected chi connectivity index (χ0v) is 17.2. The quantitative estimate of drug-likeness (QED) is 0.529. The van der Waals surface area contributed by atoms with Crippen molar-refractivity contribution in [1.82, 2.24) is 9.55 Å². The number of aromatic nitrogens is 2. The molecule has 3 N–H and O–H groups in total. The largest absolute Gasteiger partial charge is 0.491 e. The average molecular weight is 462 g/mol. The molecular weight excluding hydrogens is 445 g/mol. The third kappa shape index (κ3) is 4.80. The van der Waals surface area contributed by atoms with Crippen LogP contribution in [-0.4, -0.2) is 45.0 Å². The summed E-state index contributed by atoms with van der Waals surface area (Å²) in [7, 11) is -13.9. The molecule has 0 bridgehead atoms. The van der Waals surface area contributed by atoms with E-state index in [1.54, 1.807) is 0 Å². The number of aromatic amines is 1. The first kappa shape index (κ1) is 21.8. The lowest BCUT2D eigenvalue weighted by molar-refractivity contribution is -0.0452. The van der Waals surface area contributed by atoms with Crippen molar-refractivity contribution in [2.24, 2.45) is 0 Å². The molecule has 1 aromatic heterocycles. The van der Waals surface area contributed by atoms with Crippen molar-refractivity contribution in [3.05, 3.63) is 32.6 Å². The second-order valence-corrected chi connectivity index (χ2v) is 11.7. The van der Waals surface area contributed by atoms with Crippen LogP contribution in [0.25, 0.3) is 0 Å². The standard InChI is InChI=1S/C11H17N2O12P3/c1-6-4-13(11(16)12-10(6)15)9-3-7(14)8(22-9)5-21-28(20)24-26(2,17)23-27(18,19)25-28/h4,7-9,14H,3,5H2,1-2H3,(H,18,19)(H,12,15,16)/t7-,8+,9+,26?,28?/m0/s1. The van der Waals surface area contributed by atoms with Gasteiger partial charge in [-0.2, -0.15) is 4.31 Å². The Bertz CT molecular complexity index is 1000. The highest BCUT2D eigenvalue weighted by Crippen LogP contribution is 2.80. The number of hydrogen-bond donors (Lipinski definition) is 3. The Morgan fingerprint density at radius 1 is 1.29 bits per heavy atom. The topological polar surface area (TPSA) is 193 Å². The summed E-state index contributed by atoms with van der Waals surface area (Å²) in [5, 5.41) is 10.1. The van der Waals surface area contributed by atoms with Crippen LogP contribution in [0.3, 0.4) is 0 Å². The highest BCUT2D eigenvalue weighted by atomic mass is 31.3. The maximum absolute atomic E-state index is 12.3. The highest BCUT2D eigenvalue weighted by Gasteiger charge is 2.52. The Labute approximate surface area is 157 Å². The number of phosphoric acid groups is 2. The van der Waals surface area contributed by atoms with E-state index in [-0.39, 0.29) is 12.0 Å². The van der Waals surface area contributed by atoms with Crippen LogP contribution in [0, 0.1) is 6.92 Å². The van der Waals surface area contributed by atoms with Gasteiger partial charge in [-0.1, -0.05) is 0 Å². The number of H-pyrrole nitrogens is 1. The molecule has 6 atom stereocenters. The predicted molar refractivity (Wildman–Crippen MR) is 90.8 cm³/mol. The number of hydrogen-bond acceptors (Lipinski definition) is 11. The van der Waals surface area contributed by atoms with E-state index in [1.807, 2.05) is 0 Å². The minimum atomic E-state index is -4.94. The lowest BCUT2D eigenvalue weighted by Gasteiger charge is -2.29. The molecule has 2 aliphatic heterocycles. The van der Waals surface area contributed by atoms with Gasteiger partial charge in [0.05, 0.1) is 12.7 Å². The number of ether oxygens (including phenoxy) is 1. The van der Waals surface area contributed by atoms with Crippen LogP contribution in [0.15, 0.2) is 15.8 Å². The van der Waals surface area contributed by atoms with E-state index in [2.05, 4.69) is 17.9 Å². The summed E-state index contributed by atoms with van der Waals surface area (Å²) in [6.45, 7) is 1.63. The van der Waals surface area contributed by atoms with Gasteiger partial charge in [0, 0.05) is 24.8 Å². The van der Waals surface area contributed by atoms with Crippen LogP contribution in [0.5, 0.6) is 0 Å². The Hall–Kier alpha value is -0.910. The van der Waals surface area contributed by atoms with E-state index in [0.717, 1.165) is 11.2 Å². The second kappa shape index (κ2) is 7.41. The van der Waals surface area contributed by atoms with Gasteiger partial charge >= 0.3 is 28.9 Å². The molecule has 3 rings (SSSR count). The van der Waals surface area contributed by atoms with E-state index in [9.17, 15) is 33.3 Å². The summed E-state index contributed by atoms with van der Waals surface area (Å²) in [6.07, 6.45) is -2.11. The number of nitrogens with zero attached hydrogens (tertiary/aromatic N) is 1. The Morgan fingerprint density at radius 3 is 2.61 bits per heavy atom. The van der Waals surface area contributed by atoms with E-state index < -0.39 is 59.5 Å². The van der Waals surface area contributed by atoms with Crippen molar-refractivity contribution in [2.45, 2.75) is 31.8 Å². The maximum Gasteiger partial charge on any atom is 0.491 e. The zero-order valence-electron chi connectivity index (χ0n) is 14.5. The van der Waals surface area contributed by atoms with Gasteiger partial charge in [-0.05, 0) is 6.92 Å². The molecule has 14 nitrogen and oxygen atoms in total. The van der Waals surface area contributed by atoms with E-state index in [1.165, 1.54) is 13.1 Å². The molecule has 0 aliphatic carbocycles. The molecule has 2 saturated heterocycles. The van der Waals surface area contributed by atoms with Gasteiger partial charge < -0.3 is 14.7 Å². The summed E-state index contributed by atoms with van der Waals surface area (Å²) in [5.74, 6) is 0. The molecule has 2 aliphatic rings. The first-order valence-corrected chi connectivity index (χ1v) is 12.7. The number of aryl methyl sites for hydroxylation is 1. The summed E-state index contributed by atoms with van der Waals surface area (Å²) < 4.78 is 60.0. The van der Waals surface area contributed by atoms with Crippen molar-refractivity contribution in [3.8, 4) is 0 Å². The van der Waals surface area contributed by atoms with Crippen LogP contribution in [0.1, 0.15) is 18.2 Å². The molecule has 0 amide bonds. The molecule has 28 heavy (non-hydrogen) atoms. The smallest absolute Gasteiger partial charge is 0.390 e. The monoisotopic (exact) mass is 462 g/mol. The molecule has 0 aromatic carbocycles. The fourth-order valence-electron chi connectivity index (χ4n) is 2.59. The van der Waals surface area contributed by atoms with E-state index in [4.69, 9.17) is 9.26 Å². The predicted octanol–water partition coefficient (Wildman–Crippen LogP) is 0.605. The molecule has 2 fully saturated rings. The van der Waals surface area contributed by atoms with Crippen molar-refractivity contribution in [1.29, 1.82) is 0 Å². The van der Waals surface area contributed by atoms with E-state index >= 15 is 0 Å². The third-order valence-electron chi connectivity index (χ3n) is 3.76. The lowest BCUT2D eigenvalue weighted by Crippen LogP contribution is -2.33. The van der Waals surface area contributed by atoms with Gasteiger partial charge in [-0.15, -0.1) is 0 Å². The minimum Gasteiger partial charge on any atom is -0.390 e. The normalized spacial score (nSPS) is 41.2. The molecule has 3 heterocycles. The SMILES string of the molecule is Cc1cn([C@H]2C[C@H](O)[C@@H](COP3(=O)OP(C)(=O)OP(=O)(O)O3)O2)c(=O)[nH]c1=O. The van der Waals surface area contributed by atoms with Gasteiger partial charge in [-0.25, -0.2) is 22.5 Å². The fourth-order valence-corrected chi connectivity index (χ4v) is 8.42. The van der Waals surface area contributed by atoms with Crippen LogP contribution in [-0.2, 0) is 35.9 Å². The maximum atomic E-state index is 12.3. The number of aliphatic hydroxyl groups excluding tert-OH is 1. The van der Waals surface area contributed by atoms with Crippen molar-refractivity contribution in [3.63, 3.8) is 0 Å². The molecule has 0 radical (unpaired) electrons. The van der Waals surface area contributed by atoms with Gasteiger partial charge in [-0.3, -0.25) is 23.4 Å². The summed E-state index contributed by atoms with van der Waals surface area (Å²) in [5.41, 5.74) is -1.08. The molecule has 1 aromatic rings. The van der Waals surface area contributed by atoms with Gasteiger partial charge in [0.2, 0.25) is 0 Å². The number of rotatable bonds is 4. The number of aliphatic hydroxyl groups is 1. The second-order valence-electron chi connectivity index (χ2n) is 6.14. The van der Waals surface area contributed by atoms with E-state index in [0.29, 0.717) is 0 Å². The lowest BCUT2D eigenvalue weighted by atomic mass is 10.2. The van der Waals surface area contributed by atoms with Gasteiger partial charge in [0.25, 0.3) is 5.56 Å². The Kier molecular flexibility index (Phi) is 5.76. The molecule has 3 unspecified atom stereocenters. The van der Waals surface area contributed by atoms with Crippen LogP contribution >= 0.6 is 23.2 Å². The molecule has 0 saturated carbocycles. The molecule has 0 spiro atoms. The molecular formula is C11H17N2O12P3. The summed E-state index contributed by atoms with van der Waals surface area (Å²) in [4.78, 5) is 34.8.